The standard InChI is InChI=1S/C9H17N3O2S/c1-12-5-2-3-9(8-12)7-11-15(13,14)6-4-10/h9,11H,2-3,5-8H2,1H3. The zero-order chi connectivity index (χ0) is 11.3. The van der Waals surface area contributed by atoms with E-state index in [0.29, 0.717) is 12.5 Å². The monoisotopic (exact) mass is 231 g/mol. The Morgan fingerprint density at radius 1 is 1.60 bits per heavy atom. The Morgan fingerprint density at radius 3 is 2.93 bits per heavy atom. The van der Waals surface area contributed by atoms with Gasteiger partial charge in [0, 0.05) is 13.1 Å². The van der Waals surface area contributed by atoms with Gasteiger partial charge in [0.25, 0.3) is 0 Å². The van der Waals surface area contributed by atoms with E-state index >= 15 is 0 Å². The van der Waals surface area contributed by atoms with Gasteiger partial charge in [-0.25, -0.2) is 13.1 Å². The van der Waals surface area contributed by atoms with Crippen LogP contribution in [0, 0.1) is 17.2 Å². The fraction of sp³-hybridized carbons (Fsp3) is 0.889. The molecule has 86 valence electrons. The summed E-state index contributed by atoms with van der Waals surface area (Å²) in [5.41, 5.74) is 0. The first-order valence-corrected chi connectivity index (χ1v) is 6.71. The van der Waals surface area contributed by atoms with Crippen molar-refractivity contribution < 1.29 is 8.42 Å². The lowest BCUT2D eigenvalue weighted by Crippen LogP contribution is -2.39. The first-order chi connectivity index (χ1) is 7.03. The molecule has 0 aromatic carbocycles. The maximum atomic E-state index is 11.2. The highest BCUT2D eigenvalue weighted by atomic mass is 32.2. The molecule has 15 heavy (non-hydrogen) atoms. The summed E-state index contributed by atoms with van der Waals surface area (Å²) in [5, 5.41) is 8.30. The predicted molar refractivity (Wildman–Crippen MR) is 57.6 cm³/mol. The molecule has 1 rings (SSSR count). The van der Waals surface area contributed by atoms with Gasteiger partial charge in [-0.05, 0) is 32.4 Å². The summed E-state index contributed by atoms with van der Waals surface area (Å²) < 4.78 is 24.9. The lowest BCUT2D eigenvalue weighted by molar-refractivity contribution is 0.211. The van der Waals surface area contributed by atoms with Gasteiger partial charge in [-0.15, -0.1) is 0 Å². The third-order valence-corrected chi connectivity index (χ3v) is 3.68. The second-order valence-electron chi connectivity index (χ2n) is 4.04. The predicted octanol–water partition coefficient (Wildman–Crippen LogP) is -0.229. The quantitative estimate of drug-likeness (QED) is 0.725. The number of likely N-dealkylation sites (tertiary alicyclic amines) is 1. The number of sulfonamides is 1. The van der Waals surface area contributed by atoms with Gasteiger partial charge in [0.2, 0.25) is 10.0 Å². The zero-order valence-electron chi connectivity index (χ0n) is 8.94. The van der Waals surface area contributed by atoms with E-state index in [2.05, 4.69) is 9.62 Å². The normalized spacial score (nSPS) is 23.6. The smallest absolute Gasteiger partial charge is 0.225 e. The molecule has 0 aromatic rings. The highest BCUT2D eigenvalue weighted by Crippen LogP contribution is 2.13. The summed E-state index contributed by atoms with van der Waals surface area (Å²) in [5.74, 6) is -0.0764. The zero-order valence-corrected chi connectivity index (χ0v) is 9.76. The van der Waals surface area contributed by atoms with Crippen LogP contribution in [0.25, 0.3) is 0 Å². The Balaban J connectivity index is 2.34. The summed E-state index contributed by atoms with van der Waals surface area (Å²) in [6, 6.07) is 1.64. The van der Waals surface area contributed by atoms with E-state index in [1.807, 2.05) is 7.05 Å². The van der Waals surface area contributed by atoms with E-state index in [1.54, 1.807) is 6.07 Å². The molecule has 1 saturated heterocycles. The highest BCUT2D eigenvalue weighted by Gasteiger charge is 2.19. The van der Waals surface area contributed by atoms with Crippen LogP contribution in [0.2, 0.25) is 0 Å². The maximum Gasteiger partial charge on any atom is 0.225 e. The average molecular weight is 231 g/mol. The molecule has 0 aromatic heterocycles. The third kappa shape index (κ3) is 4.60. The van der Waals surface area contributed by atoms with E-state index in [9.17, 15) is 8.42 Å². The van der Waals surface area contributed by atoms with Crippen molar-refractivity contribution in [1.82, 2.24) is 9.62 Å². The second kappa shape index (κ2) is 5.45. The number of nitrogens with one attached hydrogen (secondary N) is 1. The first kappa shape index (κ1) is 12.4. The maximum absolute atomic E-state index is 11.2. The van der Waals surface area contributed by atoms with Crippen LogP contribution in [-0.2, 0) is 10.0 Å². The van der Waals surface area contributed by atoms with Crippen LogP contribution in [0.3, 0.4) is 0 Å². The van der Waals surface area contributed by atoms with E-state index in [1.165, 1.54) is 0 Å². The number of hydrogen-bond acceptors (Lipinski definition) is 4. The van der Waals surface area contributed by atoms with Gasteiger partial charge in [-0.2, -0.15) is 5.26 Å². The number of nitrogens with zero attached hydrogens (tertiary/aromatic N) is 2. The molecular formula is C9H17N3O2S. The summed E-state index contributed by atoms with van der Waals surface area (Å²) >= 11 is 0. The minimum absolute atomic E-state index is 0.372. The summed E-state index contributed by atoms with van der Waals surface area (Å²) in [4.78, 5) is 2.20. The molecule has 0 spiro atoms. The van der Waals surface area contributed by atoms with E-state index in [4.69, 9.17) is 5.26 Å². The molecule has 0 amide bonds. The molecule has 6 heteroatoms. The van der Waals surface area contributed by atoms with Crippen molar-refractivity contribution in [3.8, 4) is 6.07 Å². The topological polar surface area (TPSA) is 73.2 Å². The van der Waals surface area contributed by atoms with E-state index in [-0.39, 0.29) is 0 Å². The van der Waals surface area contributed by atoms with Crippen molar-refractivity contribution in [2.75, 3.05) is 32.4 Å². The van der Waals surface area contributed by atoms with Crippen LogP contribution in [0.15, 0.2) is 0 Å². The van der Waals surface area contributed by atoms with Crippen LogP contribution in [0.5, 0.6) is 0 Å². The Morgan fingerprint density at radius 2 is 2.33 bits per heavy atom. The number of rotatable bonds is 4. The lowest BCUT2D eigenvalue weighted by Gasteiger charge is -2.29. The minimum atomic E-state index is -3.38. The van der Waals surface area contributed by atoms with Crippen molar-refractivity contribution in [2.45, 2.75) is 12.8 Å². The molecule has 1 N–H and O–H groups in total. The van der Waals surface area contributed by atoms with Crippen LogP contribution in [-0.4, -0.2) is 45.8 Å². The van der Waals surface area contributed by atoms with E-state index in [0.717, 1.165) is 25.9 Å². The van der Waals surface area contributed by atoms with Crippen molar-refractivity contribution >= 4 is 10.0 Å². The molecule has 0 aliphatic carbocycles. The summed E-state index contributed by atoms with van der Waals surface area (Å²) in [6.07, 6.45) is 2.17. The van der Waals surface area contributed by atoms with Crippen LogP contribution < -0.4 is 4.72 Å². The Labute approximate surface area is 91.1 Å². The number of hydrogen-bond donors (Lipinski definition) is 1. The molecule has 1 heterocycles. The lowest BCUT2D eigenvalue weighted by atomic mass is 9.99. The van der Waals surface area contributed by atoms with Crippen molar-refractivity contribution in [3.05, 3.63) is 0 Å². The van der Waals surface area contributed by atoms with Gasteiger partial charge in [0.05, 0.1) is 6.07 Å². The minimum Gasteiger partial charge on any atom is -0.306 e. The van der Waals surface area contributed by atoms with Crippen LogP contribution in [0.4, 0.5) is 0 Å². The molecule has 1 unspecified atom stereocenters. The molecule has 0 radical (unpaired) electrons. The van der Waals surface area contributed by atoms with Gasteiger partial charge in [0.1, 0.15) is 0 Å². The van der Waals surface area contributed by atoms with Gasteiger partial charge >= 0.3 is 0 Å². The molecular weight excluding hydrogens is 214 g/mol. The molecule has 1 atom stereocenters. The second-order valence-corrected chi connectivity index (χ2v) is 5.84. The van der Waals surface area contributed by atoms with Gasteiger partial charge < -0.3 is 4.90 Å². The number of piperidine rings is 1. The first-order valence-electron chi connectivity index (χ1n) is 5.06. The number of nitriles is 1. The Hall–Kier alpha value is -0.640. The Kier molecular flexibility index (Phi) is 4.51. The van der Waals surface area contributed by atoms with Crippen molar-refractivity contribution in [2.24, 2.45) is 5.92 Å². The van der Waals surface area contributed by atoms with Crippen molar-refractivity contribution in [1.29, 1.82) is 5.26 Å². The van der Waals surface area contributed by atoms with Crippen LogP contribution in [0.1, 0.15) is 12.8 Å². The molecule has 0 bridgehead atoms. The fourth-order valence-electron chi connectivity index (χ4n) is 1.82. The van der Waals surface area contributed by atoms with Crippen LogP contribution >= 0.6 is 0 Å². The third-order valence-electron chi connectivity index (χ3n) is 2.57. The largest absolute Gasteiger partial charge is 0.306 e. The average Bonchev–Trinajstić information content (AvgIpc) is 2.15. The molecule has 1 aliphatic heterocycles. The van der Waals surface area contributed by atoms with Gasteiger partial charge in [-0.1, -0.05) is 0 Å². The van der Waals surface area contributed by atoms with Gasteiger partial charge in [-0.3, -0.25) is 0 Å². The molecule has 5 nitrogen and oxygen atoms in total. The molecule has 1 fully saturated rings. The summed E-state index contributed by atoms with van der Waals surface area (Å²) in [7, 11) is -1.34. The molecule has 0 saturated carbocycles. The highest BCUT2D eigenvalue weighted by molar-refractivity contribution is 7.89. The van der Waals surface area contributed by atoms with Gasteiger partial charge in [0.15, 0.2) is 5.75 Å². The summed E-state index contributed by atoms with van der Waals surface area (Å²) in [6.45, 7) is 2.46. The molecule has 1 aliphatic rings. The Bertz CT molecular complexity index is 334. The van der Waals surface area contributed by atoms with Crippen molar-refractivity contribution in [3.63, 3.8) is 0 Å². The SMILES string of the molecule is CN1CCCC(CNS(=O)(=O)CC#N)C1. The van der Waals surface area contributed by atoms with E-state index < -0.39 is 15.8 Å². The fourth-order valence-corrected chi connectivity index (χ4v) is 2.58.